The van der Waals surface area contributed by atoms with Gasteiger partial charge in [-0.1, -0.05) is 18.2 Å². The van der Waals surface area contributed by atoms with Gasteiger partial charge in [-0.15, -0.1) is 0 Å². The molecule has 22 heavy (non-hydrogen) atoms. The first-order chi connectivity index (χ1) is 10.5. The molecule has 0 saturated heterocycles. The van der Waals surface area contributed by atoms with Crippen LogP contribution in [-0.4, -0.2) is 23.1 Å². The summed E-state index contributed by atoms with van der Waals surface area (Å²) < 4.78 is 5.00. The van der Waals surface area contributed by atoms with E-state index in [0.29, 0.717) is 12.2 Å². The van der Waals surface area contributed by atoms with Gasteiger partial charge in [-0.25, -0.2) is 4.79 Å². The first-order valence-corrected chi connectivity index (χ1v) is 6.40. The van der Waals surface area contributed by atoms with E-state index in [1.165, 1.54) is 19.2 Å². The number of carboxylic acid groups (broad SMARTS) is 1. The minimum absolute atomic E-state index is 0.114. The lowest BCUT2D eigenvalue weighted by atomic mass is 10.1. The number of nitrogens with one attached hydrogen (secondary N) is 1. The van der Waals surface area contributed by atoms with Crippen molar-refractivity contribution in [3.05, 3.63) is 63.7 Å². The molecule has 2 rings (SSSR count). The largest absolute Gasteiger partial charge is 0.490 e. The van der Waals surface area contributed by atoms with E-state index in [0.717, 1.165) is 5.56 Å². The smallest absolute Gasteiger partial charge is 0.337 e. The Kier molecular flexibility index (Phi) is 4.57. The fourth-order valence-corrected chi connectivity index (χ4v) is 2.00. The van der Waals surface area contributed by atoms with Crippen LogP contribution in [-0.2, 0) is 6.54 Å². The lowest BCUT2D eigenvalue weighted by molar-refractivity contribution is -0.385. The van der Waals surface area contributed by atoms with Crippen molar-refractivity contribution in [1.82, 2.24) is 0 Å². The fraction of sp³-hybridized carbons (Fsp3) is 0.133. The number of nitro groups is 1. The Morgan fingerprint density at radius 3 is 2.68 bits per heavy atom. The van der Waals surface area contributed by atoms with Crippen molar-refractivity contribution in [3.8, 4) is 5.75 Å². The summed E-state index contributed by atoms with van der Waals surface area (Å²) in [5.74, 6) is -0.861. The Labute approximate surface area is 126 Å². The van der Waals surface area contributed by atoms with Crippen LogP contribution < -0.4 is 10.1 Å². The molecule has 0 radical (unpaired) electrons. The molecule has 0 atom stereocenters. The highest BCUT2D eigenvalue weighted by atomic mass is 16.6. The van der Waals surface area contributed by atoms with Crippen molar-refractivity contribution in [3.63, 3.8) is 0 Å². The quantitative estimate of drug-likeness (QED) is 0.628. The molecule has 0 bridgehead atoms. The van der Waals surface area contributed by atoms with Crippen LogP contribution in [0.5, 0.6) is 5.75 Å². The first kappa shape index (κ1) is 15.3. The van der Waals surface area contributed by atoms with Gasteiger partial charge in [-0.2, -0.15) is 0 Å². The molecule has 0 amide bonds. The number of carbonyl (C=O) groups is 1. The van der Waals surface area contributed by atoms with Gasteiger partial charge in [0.25, 0.3) is 0 Å². The van der Waals surface area contributed by atoms with Gasteiger partial charge in [0.15, 0.2) is 5.75 Å². The Bertz CT molecular complexity index is 715. The van der Waals surface area contributed by atoms with Crippen LogP contribution in [0.1, 0.15) is 15.9 Å². The second-order valence-corrected chi connectivity index (χ2v) is 4.47. The third-order valence-electron chi connectivity index (χ3n) is 3.08. The van der Waals surface area contributed by atoms with Crippen LogP contribution in [0, 0.1) is 10.1 Å². The van der Waals surface area contributed by atoms with Gasteiger partial charge in [0, 0.05) is 18.3 Å². The average Bonchev–Trinajstić information content (AvgIpc) is 2.52. The molecule has 0 aliphatic carbocycles. The number of hydrogen-bond donors (Lipinski definition) is 2. The molecule has 0 fully saturated rings. The third kappa shape index (κ3) is 3.32. The topological polar surface area (TPSA) is 102 Å². The molecule has 114 valence electrons. The monoisotopic (exact) mass is 302 g/mol. The van der Waals surface area contributed by atoms with E-state index in [4.69, 9.17) is 9.84 Å². The summed E-state index contributed by atoms with van der Waals surface area (Å²) in [5.41, 5.74) is 1.27. The standard InChI is InChI=1S/C15H14N2O5/c1-22-14-8-10(6-7-13(14)17(20)21)9-16-12-5-3-2-4-11(12)15(18)19/h2-8,16H,9H2,1H3,(H,18,19). The highest BCUT2D eigenvalue weighted by Crippen LogP contribution is 2.28. The summed E-state index contributed by atoms with van der Waals surface area (Å²) in [5, 5.41) is 22.9. The lowest BCUT2D eigenvalue weighted by Gasteiger charge is -2.10. The van der Waals surface area contributed by atoms with E-state index >= 15 is 0 Å². The van der Waals surface area contributed by atoms with Gasteiger partial charge >= 0.3 is 11.7 Å². The van der Waals surface area contributed by atoms with Crippen LogP contribution in [0.25, 0.3) is 0 Å². The molecule has 0 saturated carbocycles. The molecule has 7 heteroatoms. The zero-order valence-corrected chi connectivity index (χ0v) is 11.8. The molecule has 2 aromatic carbocycles. The van der Waals surface area contributed by atoms with Crippen molar-refractivity contribution in [2.24, 2.45) is 0 Å². The van der Waals surface area contributed by atoms with Gasteiger partial charge in [0.1, 0.15) is 0 Å². The molecule has 0 spiro atoms. The Morgan fingerprint density at radius 2 is 2.05 bits per heavy atom. The number of benzene rings is 2. The van der Waals surface area contributed by atoms with E-state index in [1.807, 2.05) is 0 Å². The highest BCUT2D eigenvalue weighted by molar-refractivity contribution is 5.94. The molecular weight excluding hydrogens is 288 g/mol. The van der Waals surface area contributed by atoms with Crippen LogP contribution in [0.3, 0.4) is 0 Å². The maximum absolute atomic E-state index is 11.1. The van der Waals surface area contributed by atoms with E-state index < -0.39 is 10.9 Å². The lowest BCUT2D eigenvalue weighted by Crippen LogP contribution is -2.06. The minimum Gasteiger partial charge on any atom is -0.490 e. The Morgan fingerprint density at radius 1 is 1.32 bits per heavy atom. The molecule has 0 aliphatic heterocycles. The van der Waals surface area contributed by atoms with Crippen molar-refractivity contribution in [1.29, 1.82) is 0 Å². The summed E-state index contributed by atoms with van der Waals surface area (Å²) in [6.07, 6.45) is 0. The highest BCUT2D eigenvalue weighted by Gasteiger charge is 2.15. The van der Waals surface area contributed by atoms with Gasteiger partial charge in [0.05, 0.1) is 17.6 Å². The van der Waals surface area contributed by atoms with Crippen molar-refractivity contribution in [2.75, 3.05) is 12.4 Å². The Balaban J connectivity index is 2.19. The van der Waals surface area contributed by atoms with Gasteiger partial charge in [-0.05, 0) is 23.8 Å². The van der Waals surface area contributed by atoms with Crippen LogP contribution in [0.15, 0.2) is 42.5 Å². The zero-order chi connectivity index (χ0) is 16.1. The molecule has 7 nitrogen and oxygen atoms in total. The summed E-state index contributed by atoms with van der Waals surface area (Å²) >= 11 is 0. The van der Waals surface area contributed by atoms with Crippen LogP contribution in [0.2, 0.25) is 0 Å². The summed E-state index contributed by atoms with van der Waals surface area (Å²) in [6.45, 7) is 0.318. The molecule has 2 N–H and O–H groups in total. The van der Waals surface area contributed by atoms with E-state index in [-0.39, 0.29) is 17.0 Å². The van der Waals surface area contributed by atoms with E-state index in [9.17, 15) is 14.9 Å². The number of nitro benzene ring substituents is 1. The predicted molar refractivity (Wildman–Crippen MR) is 80.4 cm³/mol. The van der Waals surface area contributed by atoms with E-state index in [1.54, 1.807) is 30.3 Å². The molecule has 0 heterocycles. The summed E-state index contributed by atoms with van der Waals surface area (Å²) in [7, 11) is 1.36. The van der Waals surface area contributed by atoms with Crippen molar-refractivity contribution < 1.29 is 19.6 Å². The second-order valence-electron chi connectivity index (χ2n) is 4.47. The number of ether oxygens (including phenoxy) is 1. The number of para-hydroxylation sites is 1. The number of rotatable bonds is 6. The first-order valence-electron chi connectivity index (χ1n) is 6.40. The third-order valence-corrected chi connectivity index (χ3v) is 3.08. The van der Waals surface area contributed by atoms with Gasteiger partial charge in [-0.3, -0.25) is 10.1 Å². The maximum Gasteiger partial charge on any atom is 0.337 e. The van der Waals surface area contributed by atoms with Gasteiger partial charge < -0.3 is 15.2 Å². The zero-order valence-electron chi connectivity index (χ0n) is 11.8. The second kappa shape index (κ2) is 6.57. The number of methoxy groups -OCH3 is 1. The van der Waals surface area contributed by atoms with E-state index in [2.05, 4.69) is 5.32 Å². The average molecular weight is 302 g/mol. The maximum atomic E-state index is 11.1. The minimum atomic E-state index is -1.02. The van der Waals surface area contributed by atoms with Crippen LogP contribution in [0.4, 0.5) is 11.4 Å². The molecule has 0 aliphatic rings. The molecular formula is C15H14N2O5. The molecule has 0 unspecified atom stereocenters. The van der Waals surface area contributed by atoms with Crippen molar-refractivity contribution in [2.45, 2.75) is 6.54 Å². The number of aromatic carboxylic acids is 1. The predicted octanol–water partition coefficient (Wildman–Crippen LogP) is 2.91. The molecule has 2 aromatic rings. The Hall–Kier alpha value is -3.09. The number of nitrogens with zero attached hydrogens (tertiary/aromatic N) is 1. The normalized spacial score (nSPS) is 10.0. The van der Waals surface area contributed by atoms with Crippen LogP contribution >= 0.6 is 0 Å². The van der Waals surface area contributed by atoms with Gasteiger partial charge in [0.2, 0.25) is 0 Å². The number of anilines is 1. The summed E-state index contributed by atoms with van der Waals surface area (Å²) in [4.78, 5) is 21.4. The summed E-state index contributed by atoms with van der Waals surface area (Å²) in [6, 6.07) is 11.0. The van der Waals surface area contributed by atoms with Crippen molar-refractivity contribution >= 4 is 17.3 Å². The molecule has 0 aromatic heterocycles. The fourth-order valence-electron chi connectivity index (χ4n) is 2.00. The number of carboxylic acids is 1. The SMILES string of the molecule is COc1cc(CNc2ccccc2C(=O)O)ccc1[N+](=O)[O-]. The number of hydrogen-bond acceptors (Lipinski definition) is 5.